The summed E-state index contributed by atoms with van der Waals surface area (Å²) in [4.78, 5) is 17.0. The van der Waals surface area contributed by atoms with Gasteiger partial charge >= 0.3 is 0 Å². The number of hydrogen-bond acceptors (Lipinski definition) is 4. The molecule has 5 heteroatoms. The van der Waals surface area contributed by atoms with Crippen molar-refractivity contribution >= 4 is 5.91 Å². The smallest absolute Gasteiger partial charge is 0.228 e. The van der Waals surface area contributed by atoms with E-state index in [1.807, 2.05) is 18.9 Å². The average Bonchev–Trinajstić information content (AvgIpc) is 2.84. The van der Waals surface area contributed by atoms with Crippen LogP contribution in [0.2, 0.25) is 0 Å². The summed E-state index contributed by atoms with van der Waals surface area (Å²) in [5.74, 6) is 2.33. The van der Waals surface area contributed by atoms with Gasteiger partial charge in [-0.15, -0.1) is 0 Å². The average molecular weight is 320 g/mol. The van der Waals surface area contributed by atoms with Crippen LogP contribution in [0.1, 0.15) is 36.3 Å². The van der Waals surface area contributed by atoms with Crippen LogP contribution in [0.4, 0.5) is 0 Å². The number of carbonyl (C=O) groups is 1. The molecule has 0 N–H and O–H groups in total. The molecule has 1 atom stereocenters. The third-order valence-corrected chi connectivity index (χ3v) is 5.64. The van der Waals surface area contributed by atoms with Gasteiger partial charge in [0.05, 0.1) is 18.1 Å². The zero-order valence-corrected chi connectivity index (χ0v) is 14.7. The van der Waals surface area contributed by atoms with Crippen LogP contribution in [-0.2, 0) is 16.1 Å². The Hall–Kier alpha value is -1.33. The third kappa shape index (κ3) is 3.17. The van der Waals surface area contributed by atoms with Crippen LogP contribution in [0.5, 0.6) is 0 Å². The second-order valence-corrected chi connectivity index (χ2v) is 7.26. The van der Waals surface area contributed by atoms with Crippen LogP contribution in [0.3, 0.4) is 0 Å². The lowest BCUT2D eigenvalue weighted by atomic mass is 9.71. The van der Waals surface area contributed by atoms with Gasteiger partial charge < -0.3 is 14.1 Å². The number of nitrogens with zero attached hydrogens (tertiary/aromatic N) is 2. The highest BCUT2D eigenvalue weighted by molar-refractivity contribution is 5.83. The normalized spacial score (nSPS) is 25.3. The first-order valence-electron chi connectivity index (χ1n) is 8.50. The largest absolute Gasteiger partial charge is 0.465 e. The van der Waals surface area contributed by atoms with E-state index in [4.69, 9.17) is 9.15 Å². The number of carbonyl (C=O) groups excluding carboxylic acids is 1. The third-order valence-electron chi connectivity index (χ3n) is 5.64. The molecule has 0 radical (unpaired) electrons. The van der Waals surface area contributed by atoms with E-state index >= 15 is 0 Å². The molecule has 5 nitrogen and oxygen atoms in total. The molecule has 0 bridgehead atoms. The van der Waals surface area contributed by atoms with Crippen molar-refractivity contribution in [2.45, 2.75) is 45.8 Å². The molecule has 2 fully saturated rings. The fourth-order valence-corrected chi connectivity index (χ4v) is 4.04. The van der Waals surface area contributed by atoms with Crippen LogP contribution >= 0.6 is 0 Å². The Morgan fingerprint density at radius 2 is 2.04 bits per heavy atom. The van der Waals surface area contributed by atoms with E-state index in [1.165, 1.54) is 5.56 Å². The van der Waals surface area contributed by atoms with Gasteiger partial charge in [-0.2, -0.15) is 0 Å². The minimum Gasteiger partial charge on any atom is -0.465 e. The van der Waals surface area contributed by atoms with Gasteiger partial charge in [-0.25, -0.2) is 0 Å². The predicted octanol–water partition coefficient (Wildman–Crippen LogP) is 2.36. The first-order valence-corrected chi connectivity index (χ1v) is 8.50. The maximum absolute atomic E-state index is 12.7. The van der Waals surface area contributed by atoms with Gasteiger partial charge in [0, 0.05) is 20.7 Å². The Morgan fingerprint density at radius 3 is 2.61 bits per heavy atom. The Morgan fingerprint density at radius 1 is 1.35 bits per heavy atom. The summed E-state index contributed by atoms with van der Waals surface area (Å²) in [5.41, 5.74) is 0.986. The second-order valence-electron chi connectivity index (χ2n) is 7.26. The van der Waals surface area contributed by atoms with Gasteiger partial charge in [0.1, 0.15) is 11.5 Å². The van der Waals surface area contributed by atoms with Gasteiger partial charge in [-0.05, 0) is 57.8 Å². The Balaban J connectivity index is 1.63. The number of methoxy groups -OCH3 is 1. The topological polar surface area (TPSA) is 45.9 Å². The molecule has 1 aromatic rings. The number of likely N-dealkylation sites (N-methyl/N-ethyl adjacent to an activating group) is 1. The number of hydrogen-bond donors (Lipinski definition) is 0. The number of aryl methyl sites for hydroxylation is 2. The highest BCUT2D eigenvalue weighted by Crippen LogP contribution is 2.41. The second kappa shape index (κ2) is 6.29. The molecule has 3 heterocycles. The summed E-state index contributed by atoms with van der Waals surface area (Å²) in [6.07, 6.45) is 2.85. The van der Waals surface area contributed by atoms with Crippen molar-refractivity contribution in [2.75, 3.05) is 33.8 Å². The van der Waals surface area contributed by atoms with Gasteiger partial charge in [0.2, 0.25) is 5.91 Å². The fourth-order valence-electron chi connectivity index (χ4n) is 4.04. The monoisotopic (exact) mass is 320 g/mol. The van der Waals surface area contributed by atoms with Crippen molar-refractivity contribution in [3.8, 4) is 0 Å². The van der Waals surface area contributed by atoms with Crippen molar-refractivity contribution in [1.82, 2.24) is 9.80 Å². The molecule has 0 aromatic carbocycles. The van der Waals surface area contributed by atoms with Crippen LogP contribution < -0.4 is 0 Å². The molecule has 1 amide bonds. The van der Waals surface area contributed by atoms with E-state index in [0.717, 1.165) is 50.4 Å². The van der Waals surface area contributed by atoms with Crippen LogP contribution in [0, 0.1) is 19.3 Å². The maximum Gasteiger partial charge on any atom is 0.228 e. The summed E-state index contributed by atoms with van der Waals surface area (Å²) in [6.45, 7) is 7.51. The Labute approximate surface area is 138 Å². The van der Waals surface area contributed by atoms with E-state index in [0.29, 0.717) is 12.5 Å². The van der Waals surface area contributed by atoms with E-state index in [-0.39, 0.29) is 11.5 Å². The predicted molar refractivity (Wildman–Crippen MR) is 88.2 cm³/mol. The maximum atomic E-state index is 12.7. The molecule has 2 aliphatic rings. The highest BCUT2D eigenvalue weighted by atomic mass is 16.5. The van der Waals surface area contributed by atoms with Crippen molar-refractivity contribution in [1.29, 1.82) is 0 Å². The first kappa shape index (κ1) is 16.5. The number of likely N-dealkylation sites (tertiary alicyclic amines) is 2. The van der Waals surface area contributed by atoms with Crippen molar-refractivity contribution in [2.24, 2.45) is 5.41 Å². The number of ether oxygens (including phenoxy) is 1. The molecule has 0 aliphatic carbocycles. The molecule has 1 spiro atoms. The molecule has 0 saturated carbocycles. The summed E-state index contributed by atoms with van der Waals surface area (Å²) >= 11 is 0. The first-order chi connectivity index (χ1) is 10.9. The molecular formula is C18H28N2O3. The van der Waals surface area contributed by atoms with E-state index in [1.54, 1.807) is 7.11 Å². The zero-order chi connectivity index (χ0) is 16.6. The van der Waals surface area contributed by atoms with Crippen molar-refractivity contribution < 1.29 is 13.9 Å². The van der Waals surface area contributed by atoms with E-state index < -0.39 is 0 Å². The molecule has 23 heavy (non-hydrogen) atoms. The lowest BCUT2D eigenvalue weighted by Crippen LogP contribution is -2.56. The molecule has 1 unspecified atom stereocenters. The van der Waals surface area contributed by atoms with E-state index in [9.17, 15) is 4.79 Å². The standard InChI is InChI=1S/C18H28N2O3/c1-13-9-15(23-14(13)2)12-20-7-5-18(6-8-20)10-16(22-4)11-19(3)17(18)21/h9,16H,5-8,10-12H2,1-4H3. The summed E-state index contributed by atoms with van der Waals surface area (Å²) in [5, 5.41) is 0. The molecule has 2 saturated heterocycles. The highest BCUT2D eigenvalue weighted by Gasteiger charge is 2.47. The van der Waals surface area contributed by atoms with E-state index in [2.05, 4.69) is 17.9 Å². The number of piperidine rings is 2. The molecule has 3 rings (SSSR count). The lowest BCUT2D eigenvalue weighted by Gasteiger charge is -2.47. The minimum atomic E-state index is -0.223. The van der Waals surface area contributed by atoms with Gasteiger partial charge in [-0.1, -0.05) is 0 Å². The number of amides is 1. The summed E-state index contributed by atoms with van der Waals surface area (Å²) in [7, 11) is 3.65. The number of rotatable bonds is 3. The van der Waals surface area contributed by atoms with Crippen molar-refractivity contribution in [3.63, 3.8) is 0 Å². The minimum absolute atomic E-state index is 0.166. The summed E-state index contributed by atoms with van der Waals surface area (Å²) < 4.78 is 11.3. The SMILES string of the molecule is COC1CN(C)C(=O)C2(CCN(Cc3cc(C)c(C)o3)CC2)C1. The van der Waals surface area contributed by atoms with Gasteiger partial charge in [0.25, 0.3) is 0 Å². The Bertz CT molecular complexity index is 553. The molecule has 2 aliphatic heterocycles. The van der Waals surface area contributed by atoms with Crippen LogP contribution in [-0.4, -0.2) is 55.6 Å². The zero-order valence-electron chi connectivity index (χ0n) is 14.7. The van der Waals surface area contributed by atoms with Crippen LogP contribution in [0.15, 0.2) is 10.5 Å². The lowest BCUT2D eigenvalue weighted by molar-refractivity contribution is -0.156. The van der Waals surface area contributed by atoms with Crippen molar-refractivity contribution in [3.05, 3.63) is 23.2 Å². The molecule has 1 aromatic heterocycles. The van der Waals surface area contributed by atoms with Gasteiger partial charge in [0.15, 0.2) is 0 Å². The van der Waals surface area contributed by atoms with Crippen LogP contribution in [0.25, 0.3) is 0 Å². The van der Waals surface area contributed by atoms with Gasteiger partial charge in [-0.3, -0.25) is 9.69 Å². The molecule has 128 valence electrons. The quantitative estimate of drug-likeness (QED) is 0.858. The molecular weight excluding hydrogens is 292 g/mol. The summed E-state index contributed by atoms with van der Waals surface area (Å²) in [6, 6.07) is 2.13. The number of furan rings is 1. The Kier molecular flexibility index (Phi) is 4.52. The fraction of sp³-hybridized carbons (Fsp3) is 0.722.